The maximum Gasteiger partial charge on any atom is 0.340 e. The second kappa shape index (κ2) is 11.0. The van der Waals surface area contributed by atoms with Gasteiger partial charge >= 0.3 is 5.97 Å². The van der Waals surface area contributed by atoms with Crippen LogP contribution in [0.5, 0.6) is 0 Å². The Bertz CT molecular complexity index is 1110. The number of carbonyl (C=O) groups excluding carboxylic acids is 2. The van der Waals surface area contributed by atoms with Gasteiger partial charge in [0.25, 0.3) is 5.91 Å². The van der Waals surface area contributed by atoms with Crippen LogP contribution in [0.15, 0.2) is 53.4 Å². The fourth-order valence-electron chi connectivity index (χ4n) is 4.38. The second-order valence-electron chi connectivity index (χ2n) is 8.68. The van der Waals surface area contributed by atoms with E-state index in [1.165, 1.54) is 10.4 Å². The standard InChI is InChI=1S/C25H31N3O5S/c29-24(26-18-20-9-3-1-4-10-20)19-33-25(30)22-17-21(11-12-23(22)27-13-7-8-14-27)34(31,32)28-15-5-2-6-16-28/h1,3-4,9-12,17H,2,5-8,13-16,18-19H2,(H,26,29). The van der Waals surface area contributed by atoms with Gasteiger partial charge in [-0.2, -0.15) is 4.31 Å². The van der Waals surface area contributed by atoms with Crippen LogP contribution < -0.4 is 10.2 Å². The molecule has 0 aliphatic carbocycles. The number of hydrogen-bond acceptors (Lipinski definition) is 6. The highest BCUT2D eigenvalue weighted by Crippen LogP contribution is 2.30. The zero-order chi connectivity index (χ0) is 24.0. The molecule has 0 radical (unpaired) electrons. The number of amides is 1. The van der Waals surface area contributed by atoms with Crippen LogP contribution in [0.2, 0.25) is 0 Å². The number of sulfonamides is 1. The van der Waals surface area contributed by atoms with Crippen molar-refractivity contribution in [2.45, 2.75) is 43.5 Å². The number of esters is 1. The van der Waals surface area contributed by atoms with Gasteiger partial charge in [-0.1, -0.05) is 36.8 Å². The number of nitrogens with one attached hydrogen (secondary N) is 1. The zero-order valence-electron chi connectivity index (χ0n) is 19.2. The first-order chi connectivity index (χ1) is 16.4. The van der Waals surface area contributed by atoms with Gasteiger partial charge in [0.2, 0.25) is 10.0 Å². The van der Waals surface area contributed by atoms with Crippen molar-refractivity contribution in [2.24, 2.45) is 0 Å². The molecular weight excluding hydrogens is 454 g/mol. The van der Waals surface area contributed by atoms with Gasteiger partial charge in [-0.05, 0) is 49.4 Å². The normalized spacial score (nSPS) is 16.9. The van der Waals surface area contributed by atoms with E-state index in [-0.39, 0.29) is 10.5 Å². The Morgan fingerprint density at radius 1 is 0.882 bits per heavy atom. The molecule has 2 saturated heterocycles. The quantitative estimate of drug-likeness (QED) is 0.578. The maximum atomic E-state index is 13.2. The monoisotopic (exact) mass is 485 g/mol. The smallest absolute Gasteiger partial charge is 0.340 e. The van der Waals surface area contributed by atoms with Gasteiger partial charge in [-0.15, -0.1) is 0 Å². The lowest BCUT2D eigenvalue weighted by molar-refractivity contribution is -0.124. The minimum Gasteiger partial charge on any atom is -0.452 e. The van der Waals surface area contributed by atoms with Crippen molar-refractivity contribution in [1.29, 1.82) is 0 Å². The van der Waals surface area contributed by atoms with Crippen molar-refractivity contribution in [3.05, 3.63) is 59.7 Å². The van der Waals surface area contributed by atoms with E-state index >= 15 is 0 Å². The van der Waals surface area contributed by atoms with Crippen molar-refractivity contribution >= 4 is 27.6 Å². The molecule has 0 aromatic heterocycles. The molecule has 0 unspecified atom stereocenters. The Morgan fingerprint density at radius 3 is 2.26 bits per heavy atom. The summed E-state index contributed by atoms with van der Waals surface area (Å²) >= 11 is 0. The van der Waals surface area contributed by atoms with Crippen LogP contribution in [0.1, 0.15) is 48.0 Å². The van der Waals surface area contributed by atoms with Crippen molar-refractivity contribution in [3.63, 3.8) is 0 Å². The van der Waals surface area contributed by atoms with Crippen LogP contribution in [0.3, 0.4) is 0 Å². The van der Waals surface area contributed by atoms with E-state index in [4.69, 9.17) is 4.74 Å². The summed E-state index contributed by atoms with van der Waals surface area (Å²) in [5, 5.41) is 2.73. The van der Waals surface area contributed by atoms with Crippen LogP contribution in [0.4, 0.5) is 5.69 Å². The highest BCUT2D eigenvalue weighted by atomic mass is 32.2. The van der Waals surface area contributed by atoms with E-state index in [9.17, 15) is 18.0 Å². The third kappa shape index (κ3) is 5.77. The largest absolute Gasteiger partial charge is 0.452 e. The van der Waals surface area contributed by atoms with Crippen LogP contribution in [0, 0.1) is 0 Å². The minimum atomic E-state index is -3.70. The molecule has 2 aromatic carbocycles. The minimum absolute atomic E-state index is 0.0813. The predicted molar refractivity (Wildman–Crippen MR) is 129 cm³/mol. The van der Waals surface area contributed by atoms with Crippen LogP contribution in [-0.4, -0.2) is 57.4 Å². The van der Waals surface area contributed by atoms with Gasteiger partial charge < -0.3 is 15.0 Å². The molecule has 2 fully saturated rings. The molecule has 0 saturated carbocycles. The summed E-state index contributed by atoms with van der Waals surface area (Å²) in [5.41, 5.74) is 1.76. The van der Waals surface area contributed by atoms with Gasteiger partial charge in [0.15, 0.2) is 6.61 Å². The third-order valence-corrected chi connectivity index (χ3v) is 8.15. The molecule has 4 rings (SSSR count). The highest BCUT2D eigenvalue weighted by Gasteiger charge is 2.29. The van der Waals surface area contributed by atoms with Gasteiger partial charge in [0, 0.05) is 32.7 Å². The maximum absolute atomic E-state index is 13.2. The van der Waals surface area contributed by atoms with Gasteiger partial charge in [-0.25, -0.2) is 13.2 Å². The summed E-state index contributed by atoms with van der Waals surface area (Å²) in [6.45, 7) is 2.44. The molecule has 0 bridgehead atoms. The SMILES string of the molecule is O=C(COC(=O)c1cc(S(=O)(=O)N2CCCCC2)ccc1N1CCCC1)NCc1ccccc1. The molecule has 2 aliphatic heterocycles. The van der Waals surface area contributed by atoms with Crippen LogP contribution >= 0.6 is 0 Å². The second-order valence-corrected chi connectivity index (χ2v) is 10.6. The number of carbonyl (C=O) groups is 2. The topological polar surface area (TPSA) is 96.0 Å². The molecule has 0 spiro atoms. The fourth-order valence-corrected chi connectivity index (χ4v) is 5.93. The highest BCUT2D eigenvalue weighted by molar-refractivity contribution is 7.89. The average Bonchev–Trinajstić information content (AvgIpc) is 3.42. The lowest BCUT2D eigenvalue weighted by Gasteiger charge is -2.27. The Hall–Kier alpha value is -2.91. The molecule has 34 heavy (non-hydrogen) atoms. The molecule has 182 valence electrons. The molecule has 2 aromatic rings. The number of ether oxygens (including phenoxy) is 1. The Kier molecular flexibility index (Phi) is 7.84. The summed E-state index contributed by atoms with van der Waals surface area (Å²) in [4.78, 5) is 27.4. The Morgan fingerprint density at radius 2 is 1.56 bits per heavy atom. The molecule has 9 heteroatoms. The first-order valence-electron chi connectivity index (χ1n) is 11.8. The Balaban J connectivity index is 1.49. The van der Waals surface area contributed by atoms with E-state index in [1.54, 1.807) is 12.1 Å². The summed E-state index contributed by atoms with van der Waals surface area (Å²) in [6.07, 6.45) is 4.69. The van der Waals surface area contributed by atoms with E-state index in [1.807, 2.05) is 30.3 Å². The lowest BCUT2D eigenvalue weighted by Crippen LogP contribution is -2.35. The van der Waals surface area contributed by atoms with Gasteiger partial charge in [-0.3, -0.25) is 4.79 Å². The van der Waals surface area contributed by atoms with Crippen LogP contribution in [0.25, 0.3) is 0 Å². The molecule has 8 nitrogen and oxygen atoms in total. The number of rotatable bonds is 8. The summed E-state index contributed by atoms with van der Waals surface area (Å²) in [6, 6.07) is 14.1. The van der Waals surface area contributed by atoms with Crippen molar-refractivity contribution in [3.8, 4) is 0 Å². The van der Waals surface area contributed by atoms with E-state index in [0.717, 1.165) is 50.8 Å². The van der Waals surface area contributed by atoms with E-state index in [2.05, 4.69) is 10.2 Å². The Labute approximate surface area is 200 Å². The summed E-state index contributed by atoms with van der Waals surface area (Å²) in [7, 11) is -3.70. The van der Waals surface area contributed by atoms with E-state index < -0.39 is 28.5 Å². The number of benzene rings is 2. The predicted octanol–water partition coefficient (Wildman–Crippen LogP) is 2.93. The first-order valence-corrected chi connectivity index (χ1v) is 13.3. The number of piperidine rings is 1. The molecule has 2 heterocycles. The summed E-state index contributed by atoms with van der Waals surface area (Å²) in [5.74, 6) is -1.12. The summed E-state index contributed by atoms with van der Waals surface area (Å²) < 4.78 is 33.1. The molecule has 1 amide bonds. The van der Waals surface area contributed by atoms with Gasteiger partial charge in [0.05, 0.1) is 16.1 Å². The zero-order valence-corrected chi connectivity index (χ0v) is 20.1. The molecule has 0 atom stereocenters. The molecule has 1 N–H and O–H groups in total. The molecule has 2 aliphatic rings. The fraction of sp³-hybridized carbons (Fsp3) is 0.440. The van der Waals surface area contributed by atoms with Crippen LogP contribution in [-0.2, 0) is 26.1 Å². The third-order valence-electron chi connectivity index (χ3n) is 6.25. The lowest BCUT2D eigenvalue weighted by atomic mass is 10.1. The van der Waals surface area contributed by atoms with Crippen molar-refractivity contribution in [1.82, 2.24) is 9.62 Å². The number of hydrogen-bond donors (Lipinski definition) is 1. The number of anilines is 1. The number of nitrogens with zero attached hydrogens (tertiary/aromatic N) is 2. The average molecular weight is 486 g/mol. The van der Waals surface area contributed by atoms with E-state index in [0.29, 0.717) is 25.3 Å². The van der Waals surface area contributed by atoms with Crippen molar-refractivity contribution in [2.75, 3.05) is 37.7 Å². The van der Waals surface area contributed by atoms with Crippen molar-refractivity contribution < 1.29 is 22.7 Å². The first kappa shape index (κ1) is 24.2. The molecular formula is C25H31N3O5S. The van der Waals surface area contributed by atoms with Gasteiger partial charge in [0.1, 0.15) is 0 Å².